The molecular weight excluding hydrogens is 278 g/mol. The molecule has 2 aromatic rings. The third kappa shape index (κ3) is 3.03. The van der Waals surface area contributed by atoms with E-state index in [-0.39, 0.29) is 28.8 Å². The van der Waals surface area contributed by atoms with Crippen LogP contribution in [-0.2, 0) is 0 Å². The summed E-state index contributed by atoms with van der Waals surface area (Å²) in [6, 6.07) is 4.03. The highest BCUT2D eigenvalue weighted by Gasteiger charge is 2.19. The number of nitrogens with one attached hydrogen (secondary N) is 1. The molecule has 0 aliphatic heterocycles. The van der Waals surface area contributed by atoms with Gasteiger partial charge in [-0.15, -0.1) is 0 Å². The summed E-state index contributed by atoms with van der Waals surface area (Å²) in [5.74, 6) is -0.156. The number of aromatic nitrogens is 2. The molecule has 0 amide bonds. The Kier molecular flexibility index (Phi) is 3.93. The van der Waals surface area contributed by atoms with E-state index in [1.165, 1.54) is 37.7 Å². The van der Waals surface area contributed by atoms with Gasteiger partial charge in [0, 0.05) is 24.5 Å². The number of hydrogen-bond acceptors (Lipinski definition) is 7. The average Bonchev–Trinajstić information content (AvgIpc) is 2.47. The van der Waals surface area contributed by atoms with Gasteiger partial charge in [-0.1, -0.05) is 0 Å². The van der Waals surface area contributed by atoms with Crippen molar-refractivity contribution < 1.29 is 14.4 Å². The second kappa shape index (κ2) is 5.82. The van der Waals surface area contributed by atoms with Gasteiger partial charge in [0.25, 0.3) is 0 Å². The van der Waals surface area contributed by atoms with Crippen molar-refractivity contribution in [2.24, 2.45) is 5.73 Å². The number of ether oxygens (including phenoxy) is 2. The third-order valence-electron chi connectivity index (χ3n) is 2.49. The zero-order valence-corrected chi connectivity index (χ0v) is 10.9. The summed E-state index contributed by atoms with van der Waals surface area (Å²) < 4.78 is 10.4. The van der Waals surface area contributed by atoms with Crippen molar-refractivity contribution >= 4 is 11.5 Å². The maximum absolute atomic E-state index is 11.0. The Morgan fingerprint density at radius 1 is 1.38 bits per heavy atom. The fraction of sp³-hybridized carbons (Fsp3) is 0.0833. The first-order chi connectivity index (χ1) is 10.0. The van der Waals surface area contributed by atoms with Gasteiger partial charge in [0.2, 0.25) is 11.6 Å². The van der Waals surface area contributed by atoms with E-state index in [4.69, 9.17) is 20.6 Å². The van der Waals surface area contributed by atoms with Crippen molar-refractivity contribution in [1.82, 2.24) is 9.97 Å². The van der Waals surface area contributed by atoms with E-state index < -0.39 is 4.92 Å². The van der Waals surface area contributed by atoms with Crippen LogP contribution in [0.15, 0.2) is 30.6 Å². The SMILES string of the molecule is COc1ccc([N+](=O)[O-])c(Oc2nccnc2C(=N)N)c1. The van der Waals surface area contributed by atoms with Crippen LogP contribution in [-0.4, -0.2) is 27.8 Å². The molecule has 108 valence electrons. The smallest absolute Gasteiger partial charge is 0.311 e. The van der Waals surface area contributed by atoms with Gasteiger partial charge in [0.15, 0.2) is 5.69 Å². The highest BCUT2D eigenvalue weighted by molar-refractivity contribution is 5.95. The van der Waals surface area contributed by atoms with Crippen LogP contribution in [0.3, 0.4) is 0 Å². The van der Waals surface area contributed by atoms with E-state index in [9.17, 15) is 10.1 Å². The maximum Gasteiger partial charge on any atom is 0.311 e. The van der Waals surface area contributed by atoms with Crippen LogP contribution < -0.4 is 15.2 Å². The molecule has 3 N–H and O–H groups in total. The molecule has 0 saturated carbocycles. The molecular formula is C12H11N5O4. The number of nitrogen functional groups attached to an aromatic ring is 1. The highest BCUT2D eigenvalue weighted by atomic mass is 16.6. The Morgan fingerprint density at radius 2 is 2.10 bits per heavy atom. The lowest BCUT2D eigenvalue weighted by Crippen LogP contribution is -2.15. The Bertz CT molecular complexity index is 704. The van der Waals surface area contributed by atoms with Crippen molar-refractivity contribution in [3.05, 3.63) is 46.4 Å². The average molecular weight is 289 g/mol. The lowest BCUT2D eigenvalue weighted by atomic mass is 10.3. The van der Waals surface area contributed by atoms with Gasteiger partial charge in [-0.25, -0.2) is 9.97 Å². The molecule has 1 aromatic carbocycles. The monoisotopic (exact) mass is 289 g/mol. The number of hydrogen-bond donors (Lipinski definition) is 2. The molecule has 0 atom stereocenters. The highest BCUT2D eigenvalue weighted by Crippen LogP contribution is 2.34. The van der Waals surface area contributed by atoms with E-state index in [2.05, 4.69) is 9.97 Å². The number of nitrogens with zero attached hydrogens (tertiary/aromatic N) is 3. The molecule has 0 unspecified atom stereocenters. The van der Waals surface area contributed by atoms with Gasteiger partial charge >= 0.3 is 5.69 Å². The third-order valence-corrected chi connectivity index (χ3v) is 2.49. The predicted octanol–water partition coefficient (Wildman–Crippen LogP) is 1.47. The number of nitrogens with two attached hydrogens (primary N) is 1. The largest absolute Gasteiger partial charge is 0.497 e. The number of benzene rings is 1. The van der Waals surface area contributed by atoms with Gasteiger partial charge in [-0.05, 0) is 6.07 Å². The minimum atomic E-state index is -0.599. The summed E-state index contributed by atoms with van der Waals surface area (Å²) in [6.07, 6.45) is 2.66. The van der Waals surface area contributed by atoms with Crippen molar-refractivity contribution in [2.75, 3.05) is 7.11 Å². The molecule has 9 nitrogen and oxygen atoms in total. The summed E-state index contributed by atoms with van der Waals surface area (Å²) in [4.78, 5) is 18.1. The predicted molar refractivity (Wildman–Crippen MR) is 72.8 cm³/mol. The standard InChI is InChI=1S/C12H11N5O4/c1-20-7-2-3-8(17(18)19)9(6-7)21-12-10(11(13)14)15-4-5-16-12/h2-6H,1H3,(H3,13,14). The van der Waals surface area contributed by atoms with Gasteiger partial charge in [0.05, 0.1) is 12.0 Å². The minimum absolute atomic E-state index is 0.00498. The second-order valence-corrected chi connectivity index (χ2v) is 3.82. The van der Waals surface area contributed by atoms with Crippen LogP contribution in [0.4, 0.5) is 5.69 Å². The van der Waals surface area contributed by atoms with Crippen molar-refractivity contribution in [2.45, 2.75) is 0 Å². The van der Waals surface area contributed by atoms with Gasteiger partial charge in [-0.3, -0.25) is 15.5 Å². The molecule has 2 rings (SSSR count). The first-order valence-corrected chi connectivity index (χ1v) is 5.68. The summed E-state index contributed by atoms with van der Waals surface area (Å²) >= 11 is 0. The molecule has 1 heterocycles. The number of nitro groups is 1. The Labute approximate surface area is 119 Å². The number of rotatable bonds is 5. The van der Waals surface area contributed by atoms with Gasteiger partial charge in [-0.2, -0.15) is 0 Å². The normalized spacial score (nSPS) is 9.95. The lowest BCUT2D eigenvalue weighted by Gasteiger charge is -2.09. The number of nitro benzene ring substituents is 1. The molecule has 0 fully saturated rings. The quantitative estimate of drug-likeness (QED) is 0.368. The zero-order valence-electron chi connectivity index (χ0n) is 10.9. The van der Waals surface area contributed by atoms with Crippen LogP contribution >= 0.6 is 0 Å². The Hall–Kier alpha value is -3.23. The lowest BCUT2D eigenvalue weighted by molar-refractivity contribution is -0.385. The van der Waals surface area contributed by atoms with E-state index in [1.807, 2.05) is 0 Å². The second-order valence-electron chi connectivity index (χ2n) is 3.82. The van der Waals surface area contributed by atoms with Crippen LogP contribution in [0, 0.1) is 15.5 Å². The molecule has 0 bridgehead atoms. The molecule has 9 heteroatoms. The zero-order chi connectivity index (χ0) is 15.4. The van der Waals surface area contributed by atoms with Crippen LogP contribution in [0.2, 0.25) is 0 Å². The van der Waals surface area contributed by atoms with Crippen molar-refractivity contribution in [3.8, 4) is 17.4 Å². The maximum atomic E-state index is 11.0. The molecule has 0 spiro atoms. The van der Waals surface area contributed by atoms with E-state index in [0.717, 1.165) is 0 Å². The van der Waals surface area contributed by atoms with Crippen molar-refractivity contribution in [1.29, 1.82) is 5.41 Å². The first-order valence-electron chi connectivity index (χ1n) is 5.68. The molecule has 21 heavy (non-hydrogen) atoms. The summed E-state index contributed by atoms with van der Waals surface area (Å²) in [5.41, 5.74) is 5.09. The molecule has 0 aliphatic rings. The fourth-order valence-corrected chi connectivity index (χ4v) is 1.54. The minimum Gasteiger partial charge on any atom is -0.497 e. The van der Waals surface area contributed by atoms with Gasteiger partial charge < -0.3 is 15.2 Å². The molecule has 0 aliphatic carbocycles. The van der Waals surface area contributed by atoms with Crippen molar-refractivity contribution in [3.63, 3.8) is 0 Å². The summed E-state index contributed by atoms with van der Waals surface area (Å²) in [7, 11) is 1.42. The van der Waals surface area contributed by atoms with Gasteiger partial charge in [0.1, 0.15) is 11.6 Å². The fourth-order valence-electron chi connectivity index (χ4n) is 1.54. The molecule has 0 saturated heterocycles. The topological polar surface area (TPSA) is 137 Å². The number of amidine groups is 1. The summed E-state index contributed by atoms with van der Waals surface area (Å²) in [6.45, 7) is 0. The van der Waals surface area contributed by atoms with E-state index in [1.54, 1.807) is 0 Å². The number of methoxy groups -OCH3 is 1. The first kappa shape index (κ1) is 14.2. The Morgan fingerprint density at radius 3 is 2.71 bits per heavy atom. The van der Waals surface area contributed by atoms with Crippen LogP contribution in [0.1, 0.15) is 5.69 Å². The Balaban J connectivity index is 2.48. The summed E-state index contributed by atoms with van der Waals surface area (Å²) in [5, 5.41) is 18.4. The van der Waals surface area contributed by atoms with E-state index in [0.29, 0.717) is 5.75 Å². The molecule has 0 radical (unpaired) electrons. The van der Waals surface area contributed by atoms with E-state index >= 15 is 0 Å². The molecule has 1 aromatic heterocycles. The van der Waals surface area contributed by atoms with Crippen LogP contribution in [0.25, 0.3) is 0 Å². The van der Waals surface area contributed by atoms with Crippen LogP contribution in [0.5, 0.6) is 17.4 Å².